The van der Waals surface area contributed by atoms with E-state index < -0.39 is 18.3 Å². The molecule has 6 nitrogen and oxygen atoms in total. The number of rotatable bonds is 4. The van der Waals surface area contributed by atoms with Crippen LogP contribution in [0.2, 0.25) is 0 Å². The lowest BCUT2D eigenvalue weighted by atomic mass is 9.79. The van der Waals surface area contributed by atoms with Crippen molar-refractivity contribution in [3.05, 3.63) is 48.2 Å². The Morgan fingerprint density at radius 2 is 1.76 bits per heavy atom. The first-order valence-electron chi connectivity index (χ1n) is 10.2. The van der Waals surface area contributed by atoms with Crippen molar-refractivity contribution in [3.63, 3.8) is 0 Å². The standard InChI is InChI=1S/C22H28BN3O3/c1-21(2)22(3,4)29-23(28-21)17-8-7-9-18(15-17)25-20(27)16-10-11-24-19(14-16)26-12-5-6-13-26/h7-11,14-15H,5-6,12-13H2,1-4H3,(H,25,27). The van der Waals surface area contributed by atoms with Crippen LogP contribution in [0.3, 0.4) is 0 Å². The fourth-order valence-electron chi connectivity index (χ4n) is 3.62. The number of amides is 1. The van der Waals surface area contributed by atoms with Gasteiger partial charge in [0.05, 0.1) is 11.2 Å². The van der Waals surface area contributed by atoms with Crippen LogP contribution < -0.4 is 15.7 Å². The van der Waals surface area contributed by atoms with Crippen LogP contribution in [-0.4, -0.2) is 42.3 Å². The molecule has 0 atom stereocenters. The minimum absolute atomic E-state index is 0.154. The molecule has 1 aromatic heterocycles. The second-order valence-corrected chi connectivity index (χ2v) is 8.76. The zero-order valence-electron chi connectivity index (χ0n) is 17.6. The van der Waals surface area contributed by atoms with Gasteiger partial charge in [0, 0.05) is 30.5 Å². The van der Waals surface area contributed by atoms with Crippen molar-refractivity contribution in [2.75, 3.05) is 23.3 Å². The second-order valence-electron chi connectivity index (χ2n) is 8.76. The highest BCUT2D eigenvalue weighted by molar-refractivity contribution is 6.62. The molecular formula is C22H28BN3O3. The maximum atomic E-state index is 12.8. The van der Waals surface area contributed by atoms with Crippen molar-refractivity contribution in [3.8, 4) is 0 Å². The van der Waals surface area contributed by atoms with Gasteiger partial charge in [-0.05, 0) is 70.3 Å². The van der Waals surface area contributed by atoms with Gasteiger partial charge in [0.1, 0.15) is 5.82 Å². The molecule has 0 spiro atoms. The van der Waals surface area contributed by atoms with E-state index in [9.17, 15) is 4.79 Å². The van der Waals surface area contributed by atoms with Gasteiger partial charge in [0.2, 0.25) is 0 Å². The Labute approximate surface area is 172 Å². The van der Waals surface area contributed by atoms with E-state index in [-0.39, 0.29) is 5.91 Å². The van der Waals surface area contributed by atoms with Gasteiger partial charge >= 0.3 is 7.12 Å². The molecule has 0 unspecified atom stereocenters. The lowest BCUT2D eigenvalue weighted by Crippen LogP contribution is -2.41. The minimum atomic E-state index is -0.459. The van der Waals surface area contributed by atoms with Crippen LogP contribution in [0.1, 0.15) is 50.9 Å². The molecule has 0 radical (unpaired) electrons. The Bertz CT molecular complexity index is 894. The molecule has 3 heterocycles. The maximum Gasteiger partial charge on any atom is 0.494 e. The maximum absolute atomic E-state index is 12.8. The molecule has 1 amide bonds. The minimum Gasteiger partial charge on any atom is -0.399 e. The summed E-state index contributed by atoms with van der Waals surface area (Å²) in [6, 6.07) is 11.2. The Morgan fingerprint density at radius 1 is 1.07 bits per heavy atom. The van der Waals surface area contributed by atoms with E-state index in [0.29, 0.717) is 11.3 Å². The number of carbonyl (C=O) groups excluding carboxylic acids is 1. The van der Waals surface area contributed by atoms with Crippen LogP contribution in [0, 0.1) is 0 Å². The average molecular weight is 393 g/mol. The quantitative estimate of drug-likeness (QED) is 0.809. The lowest BCUT2D eigenvalue weighted by Gasteiger charge is -2.32. The molecule has 1 N–H and O–H groups in total. The topological polar surface area (TPSA) is 63.7 Å². The van der Waals surface area contributed by atoms with Gasteiger partial charge in [0.25, 0.3) is 5.91 Å². The predicted molar refractivity (Wildman–Crippen MR) is 116 cm³/mol. The highest BCUT2D eigenvalue weighted by Crippen LogP contribution is 2.36. The van der Waals surface area contributed by atoms with E-state index in [4.69, 9.17) is 9.31 Å². The van der Waals surface area contributed by atoms with Crippen LogP contribution in [-0.2, 0) is 9.31 Å². The third-order valence-corrected chi connectivity index (χ3v) is 6.11. The number of nitrogens with zero attached hydrogens (tertiary/aromatic N) is 2. The van der Waals surface area contributed by atoms with Gasteiger partial charge in [-0.3, -0.25) is 4.79 Å². The fourth-order valence-corrected chi connectivity index (χ4v) is 3.62. The third kappa shape index (κ3) is 4.02. The fraction of sp³-hybridized carbons (Fsp3) is 0.455. The number of anilines is 2. The van der Waals surface area contributed by atoms with E-state index in [1.807, 2.05) is 58.0 Å². The summed E-state index contributed by atoms with van der Waals surface area (Å²) in [5, 5.41) is 2.98. The number of hydrogen-bond acceptors (Lipinski definition) is 5. The monoisotopic (exact) mass is 393 g/mol. The third-order valence-electron chi connectivity index (χ3n) is 6.11. The highest BCUT2D eigenvalue weighted by atomic mass is 16.7. The molecule has 2 aliphatic rings. The Kier molecular flexibility index (Phi) is 5.13. The molecule has 2 aliphatic heterocycles. The first-order valence-corrected chi connectivity index (χ1v) is 10.2. The smallest absolute Gasteiger partial charge is 0.399 e. The molecule has 0 saturated carbocycles. The number of aromatic nitrogens is 1. The first-order chi connectivity index (χ1) is 13.7. The molecule has 0 aliphatic carbocycles. The number of pyridine rings is 1. The van der Waals surface area contributed by atoms with E-state index in [2.05, 4.69) is 15.2 Å². The first kappa shape index (κ1) is 19.9. The van der Waals surface area contributed by atoms with Gasteiger partial charge in [-0.25, -0.2) is 4.98 Å². The molecule has 2 fully saturated rings. The van der Waals surface area contributed by atoms with Crippen molar-refractivity contribution >= 4 is 30.0 Å². The summed E-state index contributed by atoms with van der Waals surface area (Å²) in [4.78, 5) is 19.4. The van der Waals surface area contributed by atoms with E-state index in [1.165, 1.54) is 12.8 Å². The summed E-state index contributed by atoms with van der Waals surface area (Å²) < 4.78 is 12.2. The van der Waals surface area contributed by atoms with Crippen molar-refractivity contribution < 1.29 is 14.1 Å². The summed E-state index contributed by atoms with van der Waals surface area (Å²) in [6.45, 7) is 10.1. The average Bonchev–Trinajstić information content (AvgIpc) is 3.29. The number of benzene rings is 1. The summed E-state index contributed by atoms with van der Waals surface area (Å²) in [5.74, 6) is 0.708. The van der Waals surface area contributed by atoms with Crippen LogP contribution in [0.15, 0.2) is 42.6 Å². The van der Waals surface area contributed by atoms with Crippen molar-refractivity contribution in [2.45, 2.75) is 51.7 Å². The Morgan fingerprint density at radius 3 is 2.45 bits per heavy atom. The van der Waals surface area contributed by atoms with Gasteiger partial charge in [0.15, 0.2) is 0 Å². The van der Waals surface area contributed by atoms with Crippen LogP contribution in [0.4, 0.5) is 11.5 Å². The lowest BCUT2D eigenvalue weighted by molar-refractivity contribution is 0.00578. The molecule has 1 aromatic carbocycles. The molecule has 0 bridgehead atoms. The van der Waals surface area contributed by atoms with Gasteiger partial charge in [-0.2, -0.15) is 0 Å². The van der Waals surface area contributed by atoms with Crippen LogP contribution in [0.25, 0.3) is 0 Å². The molecule has 4 rings (SSSR count). The summed E-state index contributed by atoms with van der Waals surface area (Å²) in [6.07, 6.45) is 4.04. The number of hydrogen-bond donors (Lipinski definition) is 1. The molecular weight excluding hydrogens is 365 g/mol. The molecule has 29 heavy (non-hydrogen) atoms. The summed E-state index contributed by atoms with van der Waals surface area (Å²) >= 11 is 0. The highest BCUT2D eigenvalue weighted by Gasteiger charge is 2.51. The van der Waals surface area contributed by atoms with Gasteiger partial charge in [-0.15, -0.1) is 0 Å². The second kappa shape index (κ2) is 7.46. The number of nitrogens with one attached hydrogen (secondary N) is 1. The SMILES string of the molecule is CC1(C)OB(c2cccc(NC(=O)c3ccnc(N4CCCC4)c3)c2)OC1(C)C. The zero-order chi connectivity index (χ0) is 20.6. The number of carbonyl (C=O) groups is 1. The largest absolute Gasteiger partial charge is 0.494 e. The normalized spacial score (nSPS) is 20.1. The molecule has 2 aromatic rings. The van der Waals surface area contributed by atoms with Crippen LogP contribution in [0.5, 0.6) is 0 Å². The van der Waals surface area contributed by atoms with Crippen molar-refractivity contribution in [1.82, 2.24) is 4.98 Å². The molecule has 2 saturated heterocycles. The summed E-state index contributed by atoms with van der Waals surface area (Å²) in [5.41, 5.74) is 1.39. The zero-order valence-corrected chi connectivity index (χ0v) is 17.6. The predicted octanol–water partition coefficient (Wildman–Crippen LogP) is 3.23. The van der Waals surface area contributed by atoms with Crippen LogP contribution >= 0.6 is 0 Å². The van der Waals surface area contributed by atoms with Gasteiger partial charge in [-0.1, -0.05) is 12.1 Å². The Balaban J connectivity index is 1.49. The van der Waals surface area contributed by atoms with Crippen molar-refractivity contribution in [1.29, 1.82) is 0 Å². The van der Waals surface area contributed by atoms with Crippen molar-refractivity contribution in [2.24, 2.45) is 0 Å². The Hall–Kier alpha value is -2.38. The van der Waals surface area contributed by atoms with Gasteiger partial charge < -0.3 is 19.5 Å². The van der Waals surface area contributed by atoms with E-state index in [0.717, 1.165) is 24.4 Å². The van der Waals surface area contributed by atoms with E-state index in [1.54, 1.807) is 12.3 Å². The molecule has 152 valence electrons. The molecule has 7 heteroatoms. The summed E-state index contributed by atoms with van der Waals surface area (Å²) in [7, 11) is -0.459. The van der Waals surface area contributed by atoms with E-state index >= 15 is 0 Å².